The molecule has 1 N–H and O–H groups in total. The molecule has 0 aromatic carbocycles. The van der Waals surface area contributed by atoms with Crippen LogP contribution in [0.1, 0.15) is 58.8 Å². The summed E-state index contributed by atoms with van der Waals surface area (Å²) in [4.78, 5) is 23.9. The van der Waals surface area contributed by atoms with E-state index in [1.807, 2.05) is 0 Å². The van der Waals surface area contributed by atoms with E-state index in [4.69, 9.17) is 5.41 Å². The highest BCUT2D eigenvalue weighted by molar-refractivity contribution is 6.06. The van der Waals surface area contributed by atoms with E-state index in [9.17, 15) is 9.59 Å². The highest BCUT2D eigenvalue weighted by atomic mass is 16.1. The second-order valence-corrected chi connectivity index (χ2v) is 8.61. The molecule has 0 aromatic rings. The van der Waals surface area contributed by atoms with Crippen LogP contribution in [0, 0.1) is 40.4 Å². The van der Waals surface area contributed by atoms with Gasteiger partial charge in [0.1, 0.15) is 5.78 Å². The average Bonchev–Trinajstić information content (AvgIpc) is 2.85. The molecule has 0 amide bonds. The monoisotopic (exact) mass is 313 g/mol. The molecule has 3 saturated carbocycles. The van der Waals surface area contributed by atoms with E-state index >= 15 is 0 Å². The quantitative estimate of drug-likeness (QED) is 0.796. The number of Topliss-reactive ketones (excluding diaryl/α,β-unsaturated/α-hetero) is 1. The van der Waals surface area contributed by atoms with Crippen LogP contribution < -0.4 is 0 Å². The maximum Gasteiger partial charge on any atom is 0.156 e. The van der Waals surface area contributed by atoms with Crippen molar-refractivity contribution >= 4 is 17.3 Å². The number of nitrogens with one attached hydrogen (secondary N) is 1. The molecule has 4 rings (SSSR count). The van der Waals surface area contributed by atoms with E-state index in [-0.39, 0.29) is 17.1 Å². The minimum atomic E-state index is 0.152. The Kier molecular flexibility index (Phi) is 3.40. The summed E-state index contributed by atoms with van der Waals surface area (Å²) < 4.78 is 0. The third-order valence-corrected chi connectivity index (χ3v) is 7.71. The lowest BCUT2D eigenvalue weighted by Gasteiger charge is -2.53. The highest BCUT2D eigenvalue weighted by Crippen LogP contribution is 2.63. The van der Waals surface area contributed by atoms with Crippen molar-refractivity contribution in [3.05, 3.63) is 11.6 Å². The number of hydrogen-bond acceptors (Lipinski definition) is 3. The van der Waals surface area contributed by atoms with Gasteiger partial charge in [-0.05, 0) is 86.2 Å². The van der Waals surface area contributed by atoms with Gasteiger partial charge in [0.15, 0.2) is 5.78 Å². The molecule has 23 heavy (non-hydrogen) atoms. The number of hydrogen-bond donors (Lipinski definition) is 1. The average molecular weight is 313 g/mol. The van der Waals surface area contributed by atoms with Gasteiger partial charge in [0.2, 0.25) is 0 Å². The van der Waals surface area contributed by atoms with Gasteiger partial charge in [-0.25, -0.2) is 0 Å². The molecule has 0 bridgehead atoms. The molecule has 6 unspecified atom stereocenters. The van der Waals surface area contributed by atoms with Crippen LogP contribution >= 0.6 is 0 Å². The van der Waals surface area contributed by atoms with Crippen LogP contribution in [-0.4, -0.2) is 17.3 Å². The zero-order chi connectivity index (χ0) is 16.4. The largest absolute Gasteiger partial charge is 0.305 e. The van der Waals surface area contributed by atoms with Crippen molar-refractivity contribution in [2.75, 3.05) is 0 Å². The van der Waals surface area contributed by atoms with Gasteiger partial charge in [-0.2, -0.15) is 0 Å². The normalized spacial score (nSPS) is 45.8. The van der Waals surface area contributed by atoms with Crippen molar-refractivity contribution in [3.8, 4) is 0 Å². The number of rotatable bonds is 1. The first kappa shape index (κ1) is 15.3. The summed E-state index contributed by atoms with van der Waals surface area (Å²) >= 11 is 0. The molecule has 3 heteroatoms. The Morgan fingerprint density at radius 3 is 2.74 bits per heavy atom. The van der Waals surface area contributed by atoms with E-state index < -0.39 is 0 Å². The molecule has 0 aromatic heterocycles. The fraction of sp³-hybridized carbons (Fsp3) is 0.750. The van der Waals surface area contributed by atoms with Gasteiger partial charge < -0.3 is 5.41 Å². The van der Waals surface area contributed by atoms with Gasteiger partial charge in [0.05, 0.1) is 0 Å². The second kappa shape index (κ2) is 5.12. The zero-order valence-corrected chi connectivity index (χ0v) is 14.2. The van der Waals surface area contributed by atoms with Gasteiger partial charge in [-0.15, -0.1) is 0 Å². The Bertz CT molecular complexity index is 619. The van der Waals surface area contributed by atoms with Gasteiger partial charge in [0, 0.05) is 18.1 Å². The van der Waals surface area contributed by atoms with Crippen LogP contribution in [-0.2, 0) is 9.59 Å². The lowest BCUT2D eigenvalue weighted by molar-refractivity contribution is -0.126. The van der Waals surface area contributed by atoms with Crippen LogP contribution in [0.25, 0.3) is 0 Å². The molecule has 124 valence electrons. The zero-order valence-electron chi connectivity index (χ0n) is 14.2. The molecule has 4 aliphatic rings. The molecule has 0 aliphatic heterocycles. The summed E-state index contributed by atoms with van der Waals surface area (Å²) in [5.74, 6) is 3.01. The van der Waals surface area contributed by atoms with Crippen molar-refractivity contribution < 1.29 is 9.59 Å². The predicted octanol–water partition coefficient (Wildman–Crippen LogP) is 3.96. The van der Waals surface area contributed by atoms with Crippen molar-refractivity contribution in [1.82, 2.24) is 0 Å². The SMILES string of the molecule is CC(=O)C1CCC2C3CC(=N)C4=CC(=O)CCC4C3CCC12C. The van der Waals surface area contributed by atoms with Crippen LogP contribution in [0.3, 0.4) is 0 Å². The Morgan fingerprint density at radius 2 is 2.00 bits per heavy atom. The molecular formula is C20H27NO2. The van der Waals surface area contributed by atoms with Gasteiger partial charge >= 0.3 is 0 Å². The van der Waals surface area contributed by atoms with Crippen LogP contribution in [0.5, 0.6) is 0 Å². The molecule has 0 spiro atoms. The lowest BCUT2D eigenvalue weighted by Crippen LogP contribution is -2.49. The maximum atomic E-state index is 12.1. The minimum absolute atomic E-state index is 0.152. The minimum Gasteiger partial charge on any atom is -0.305 e. The van der Waals surface area contributed by atoms with E-state index in [1.165, 1.54) is 6.42 Å². The molecule has 3 fully saturated rings. The molecular weight excluding hydrogens is 286 g/mol. The first-order valence-corrected chi connectivity index (χ1v) is 9.24. The molecule has 0 saturated heterocycles. The van der Waals surface area contributed by atoms with Gasteiger partial charge in [0.25, 0.3) is 0 Å². The molecule has 0 radical (unpaired) electrons. The Balaban J connectivity index is 1.67. The fourth-order valence-corrected chi connectivity index (χ4v) is 6.69. The smallest absolute Gasteiger partial charge is 0.156 e. The maximum absolute atomic E-state index is 12.1. The lowest BCUT2D eigenvalue weighted by atomic mass is 9.51. The summed E-state index contributed by atoms with van der Waals surface area (Å²) in [5.41, 5.74) is 1.91. The number of carbonyl (C=O) groups excluding carboxylic acids is 2. The van der Waals surface area contributed by atoms with Crippen molar-refractivity contribution in [3.63, 3.8) is 0 Å². The van der Waals surface area contributed by atoms with E-state index in [1.54, 1.807) is 13.0 Å². The third-order valence-electron chi connectivity index (χ3n) is 7.71. The second-order valence-electron chi connectivity index (χ2n) is 8.61. The Labute approximate surface area is 138 Å². The van der Waals surface area contributed by atoms with E-state index in [0.717, 1.165) is 37.7 Å². The number of fused-ring (bicyclic) bond motifs is 5. The van der Waals surface area contributed by atoms with Crippen molar-refractivity contribution in [2.24, 2.45) is 35.0 Å². The van der Waals surface area contributed by atoms with Gasteiger partial charge in [-0.1, -0.05) is 6.92 Å². The fourth-order valence-electron chi connectivity index (χ4n) is 6.69. The Hall–Kier alpha value is -1.25. The number of ketones is 2. The molecule has 4 aliphatic carbocycles. The van der Waals surface area contributed by atoms with Crippen LogP contribution in [0.2, 0.25) is 0 Å². The van der Waals surface area contributed by atoms with E-state index in [0.29, 0.717) is 41.6 Å². The summed E-state index contributed by atoms with van der Waals surface area (Å²) in [6.07, 6.45) is 8.70. The Morgan fingerprint density at radius 1 is 1.22 bits per heavy atom. The molecule has 0 heterocycles. The first-order valence-electron chi connectivity index (χ1n) is 9.24. The summed E-state index contributed by atoms with van der Waals surface area (Å²) in [6.45, 7) is 4.10. The van der Waals surface area contributed by atoms with Crippen molar-refractivity contribution in [2.45, 2.75) is 58.8 Å². The van der Waals surface area contributed by atoms with Crippen LogP contribution in [0.15, 0.2) is 11.6 Å². The first-order chi connectivity index (χ1) is 10.9. The molecule has 6 atom stereocenters. The summed E-state index contributed by atoms with van der Waals surface area (Å²) in [6, 6.07) is 0. The predicted molar refractivity (Wildman–Crippen MR) is 89.4 cm³/mol. The highest BCUT2D eigenvalue weighted by Gasteiger charge is 2.57. The van der Waals surface area contributed by atoms with E-state index in [2.05, 4.69) is 6.92 Å². The summed E-state index contributed by atoms with van der Waals surface area (Å²) in [5, 5.41) is 8.49. The summed E-state index contributed by atoms with van der Waals surface area (Å²) in [7, 11) is 0. The number of carbonyl (C=O) groups is 2. The van der Waals surface area contributed by atoms with Crippen LogP contribution in [0.4, 0.5) is 0 Å². The third kappa shape index (κ3) is 2.11. The molecule has 3 nitrogen and oxygen atoms in total. The number of allylic oxidation sites excluding steroid dienone is 1. The van der Waals surface area contributed by atoms with Gasteiger partial charge in [-0.3, -0.25) is 9.59 Å². The van der Waals surface area contributed by atoms with Crippen molar-refractivity contribution in [1.29, 1.82) is 5.41 Å². The topological polar surface area (TPSA) is 58.0 Å². The standard InChI is InChI=1S/C20H27NO2/c1-11(22)17-5-6-18-15-10-19(21)16-9-12(23)3-4-13(16)14(15)7-8-20(17,18)2/h9,13-15,17-18,21H,3-8,10H2,1-2H3.